The van der Waals surface area contributed by atoms with E-state index in [4.69, 9.17) is 9.47 Å². The van der Waals surface area contributed by atoms with Crippen molar-refractivity contribution in [3.8, 4) is 11.5 Å². The molecule has 2 N–H and O–H groups in total. The first-order chi connectivity index (χ1) is 9.46. The Bertz CT molecular complexity index is 711. The summed E-state index contributed by atoms with van der Waals surface area (Å²) in [5.41, 5.74) is 0. The smallest absolute Gasteiger partial charge is 0.268 e. The molecule has 0 atom stereocenters. The first-order valence-electron chi connectivity index (χ1n) is 5.60. The minimum Gasteiger partial charge on any atom is -0.497 e. The fraction of sp³-hybridized carbons (Fsp3) is 0.273. The molecular weight excluding hydrogens is 284 g/mol. The molecule has 9 heteroatoms. The predicted molar refractivity (Wildman–Crippen MR) is 71.5 cm³/mol. The fourth-order valence-electron chi connectivity index (χ4n) is 1.56. The van der Waals surface area contributed by atoms with E-state index < -0.39 is 10.0 Å². The van der Waals surface area contributed by atoms with Crippen molar-refractivity contribution in [1.29, 1.82) is 0 Å². The first kappa shape index (κ1) is 14.1. The zero-order valence-corrected chi connectivity index (χ0v) is 12.0. The van der Waals surface area contributed by atoms with Crippen LogP contribution in [0.25, 0.3) is 0 Å². The lowest BCUT2D eigenvalue weighted by atomic mass is 10.3. The van der Waals surface area contributed by atoms with E-state index in [1.165, 1.54) is 26.4 Å². The second-order valence-corrected chi connectivity index (χ2v) is 5.52. The number of aryl methyl sites for hydroxylation is 1. The van der Waals surface area contributed by atoms with Gasteiger partial charge in [0.15, 0.2) is 0 Å². The van der Waals surface area contributed by atoms with Crippen molar-refractivity contribution in [2.75, 3.05) is 18.9 Å². The van der Waals surface area contributed by atoms with Gasteiger partial charge in [0.05, 0.1) is 14.2 Å². The monoisotopic (exact) mass is 298 g/mol. The van der Waals surface area contributed by atoms with Crippen molar-refractivity contribution < 1.29 is 17.9 Å². The first-order valence-corrected chi connectivity index (χ1v) is 7.08. The molecule has 2 aromatic rings. The van der Waals surface area contributed by atoms with E-state index in [0.717, 1.165) is 0 Å². The van der Waals surface area contributed by atoms with Crippen LogP contribution < -0.4 is 14.2 Å². The lowest BCUT2D eigenvalue weighted by Crippen LogP contribution is -2.15. The Hall–Kier alpha value is -2.29. The maximum Gasteiger partial charge on any atom is 0.268 e. The second-order valence-electron chi connectivity index (χ2n) is 3.87. The van der Waals surface area contributed by atoms with Crippen LogP contribution in [0.5, 0.6) is 11.5 Å². The highest BCUT2D eigenvalue weighted by molar-refractivity contribution is 7.92. The highest BCUT2D eigenvalue weighted by Gasteiger charge is 2.22. The molecule has 0 saturated carbocycles. The quantitative estimate of drug-likeness (QED) is 0.850. The summed E-state index contributed by atoms with van der Waals surface area (Å²) in [5.74, 6) is 1.07. The van der Waals surface area contributed by atoms with E-state index in [-0.39, 0.29) is 16.6 Å². The number of hydrogen-bond acceptors (Lipinski definition) is 6. The zero-order chi connectivity index (χ0) is 14.8. The lowest BCUT2D eigenvalue weighted by molar-refractivity contribution is 0.392. The Labute approximate surface area is 116 Å². The molecule has 108 valence electrons. The fourth-order valence-corrected chi connectivity index (χ4v) is 2.69. The van der Waals surface area contributed by atoms with Gasteiger partial charge in [-0.3, -0.25) is 5.10 Å². The molecule has 1 aromatic heterocycles. The van der Waals surface area contributed by atoms with Gasteiger partial charge >= 0.3 is 0 Å². The molecule has 0 aliphatic carbocycles. The van der Waals surface area contributed by atoms with Crippen LogP contribution in [-0.2, 0) is 10.0 Å². The SMILES string of the molecule is COc1ccc(OC)c(S(=O)(=O)Nc2n[nH]c(C)n2)c1. The van der Waals surface area contributed by atoms with Gasteiger partial charge < -0.3 is 9.47 Å². The zero-order valence-electron chi connectivity index (χ0n) is 11.2. The van der Waals surface area contributed by atoms with Gasteiger partial charge in [0.2, 0.25) is 0 Å². The van der Waals surface area contributed by atoms with E-state index in [0.29, 0.717) is 11.6 Å². The predicted octanol–water partition coefficient (Wildman–Crippen LogP) is 0.931. The van der Waals surface area contributed by atoms with Crippen molar-refractivity contribution in [2.45, 2.75) is 11.8 Å². The minimum absolute atomic E-state index is 0.0348. The number of benzene rings is 1. The average Bonchev–Trinajstić information content (AvgIpc) is 2.82. The summed E-state index contributed by atoms with van der Waals surface area (Å²) in [5, 5.41) is 6.28. The Morgan fingerprint density at radius 2 is 2.00 bits per heavy atom. The van der Waals surface area contributed by atoms with Gasteiger partial charge in [-0.05, 0) is 19.1 Å². The second kappa shape index (κ2) is 5.37. The summed E-state index contributed by atoms with van der Waals surface area (Å²) in [6.07, 6.45) is 0. The van der Waals surface area contributed by atoms with Crippen molar-refractivity contribution in [3.63, 3.8) is 0 Å². The minimum atomic E-state index is -3.88. The van der Waals surface area contributed by atoms with E-state index >= 15 is 0 Å². The summed E-state index contributed by atoms with van der Waals surface area (Å²) >= 11 is 0. The largest absolute Gasteiger partial charge is 0.497 e. The third kappa shape index (κ3) is 2.82. The van der Waals surface area contributed by atoms with E-state index in [1.807, 2.05) is 0 Å². The van der Waals surface area contributed by atoms with Gasteiger partial charge in [-0.15, -0.1) is 5.10 Å². The number of methoxy groups -OCH3 is 2. The number of nitrogens with zero attached hydrogens (tertiary/aromatic N) is 2. The number of sulfonamides is 1. The maximum absolute atomic E-state index is 12.3. The Kier molecular flexibility index (Phi) is 3.79. The molecule has 0 aliphatic heterocycles. The van der Waals surface area contributed by atoms with E-state index in [9.17, 15) is 8.42 Å². The number of H-pyrrole nitrogens is 1. The van der Waals surface area contributed by atoms with Crippen molar-refractivity contribution in [2.24, 2.45) is 0 Å². The topological polar surface area (TPSA) is 106 Å². The number of ether oxygens (including phenoxy) is 2. The maximum atomic E-state index is 12.3. The molecule has 1 heterocycles. The van der Waals surface area contributed by atoms with E-state index in [2.05, 4.69) is 19.9 Å². The van der Waals surface area contributed by atoms with Crippen LogP contribution in [-0.4, -0.2) is 37.8 Å². The summed E-state index contributed by atoms with van der Waals surface area (Å²) in [7, 11) is -1.04. The number of aromatic amines is 1. The highest BCUT2D eigenvalue weighted by atomic mass is 32.2. The van der Waals surface area contributed by atoms with Crippen LogP contribution >= 0.6 is 0 Å². The molecule has 1 aromatic carbocycles. The van der Waals surface area contributed by atoms with Crippen LogP contribution in [0.4, 0.5) is 5.95 Å². The summed E-state index contributed by atoms with van der Waals surface area (Å²) in [6, 6.07) is 4.48. The number of anilines is 1. The molecule has 0 fully saturated rings. The number of aromatic nitrogens is 3. The van der Waals surface area contributed by atoms with Gasteiger partial charge in [0, 0.05) is 6.07 Å². The Morgan fingerprint density at radius 3 is 2.55 bits per heavy atom. The highest BCUT2D eigenvalue weighted by Crippen LogP contribution is 2.29. The summed E-state index contributed by atoms with van der Waals surface area (Å²) < 4.78 is 37.0. The molecule has 2 rings (SSSR count). The van der Waals surface area contributed by atoms with Gasteiger partial charge in [-0.2, -0.15) is 4.98 Å². The average molecular weight is 298 g/mol. The third-order valence-electron chi connectivity index (χ3n) is 2.48. The molecule has 0 amide bonds. The molecule has 0 aliphatic rings. The molecule has 0 unspecified atom stereocenters. The van der Waals surface area contributed by atoms with Crippen LogP contribution in [0.1, 0.15) is 5.82 Å². The number of nitrogens with one attached hydrogen (secondary N) is 2. The van der Waals surface area contributed by atoms with Crippen LogP contribution in [0.3, 0.4) is 0 Å². The Morgan fingerprint density at radius 1 is 1.25 bits per heavy atom. The number of rotatable bonds is 5. The lowest BCUT2D eigenvalue weighted by Gasteiger charge is -2.11. The van der Waals surface area contributed by atoms with Gasteiger partial charge in [0.25, 0.3) is 16.0 Å². The van der Waals surface area contributed by atoms with Crippen LogP contribution in [0.2, 0.25) is 0 Å². The molecule has 0 spiro atoms. The third-order valence-corrected chi connectivity index (χ3v) is 3.83. The van der Waals surface area contributed by atoms with Crippen molar-refractivity contribution >= 4 is 16.0 Å². The number of hydrogen-bond donors (Lipinski definition) is 2. The van der Waals surface area contributed by atoms with Gasteiger partial charge in [-0.1, -0.05) is 0 Å². The van der Waals surface area contributed by atoms with Crippen molar-refractivity contribution in [3.05, 3.63) is 24.0 Å². The Balaban J connectivity index is 2.42. The van der Waals surface area contributed by atoms with Gasteiger partial charge in [0.1, 0.15) is 22.2 Å². The standard InChI is InChI=1S/C11H14N4O4S/c1-7-12-11(14-13-7)15-20(16,17)10-6-8(18-2)4-5-9(10)19-3/h4-6H,1-3H3,(H2,12,13,14,15). The molecule has 0 radical (unpaired) electrons. The molecule has 0 saturated heterocycles. The van der Waals surface area contributed by atoms with E-state index in [1.54, 1.807) is 13.0 Å². The molecule has 20 heavy (non-hydrogen) atoms. The van der Waals surface area contributed by atoms with Crippen LogP contribution in [0.15, 0.2) is 23.1 Å². The molecule has 8 nitrogen and oxygen atoms in total. The molecular formula is C11H14N4O4S. The van der Waals surface area contributed by atoms with Crippen molar-refractivity contribution in [1.82, 2.24) is 15.2 Å². The molecule has 0 bridgehead atoms. The van der Waals surface area contributed by atoms with Gasteiger partial charge in [-0.25, -0.2) is 13.1 Å². The summed E-state index contributed by atoms with van der Waals surface area (Å²) in [4.78, 5) is 3.84. The van der Waals surface area contributed by atoms with Crippen LogP contribution in [0, 0.1) is 6.92 Å². The summed E-state index contributed by atoms with van der Waals surface area (Å²) in [6.45, 7) is 1.66. The normalized spacial score (nSPS) is 11.2.